The second kappa shape index (κ2) is 6.71. The number of benzene rings is 2. The number of hydrogen-bond acceptors (Lipinski definition) is 4. The van der Waals surface area contributed by atoms with Gasteiger partial charge in [-0.1, -0.05) is 48.9 Å². The van der Waals surface area contributed by atoms with E-state index in [1.807, 2.05) is 42.5 Å². The molecule has 0 spiro atoms. The zero-order valence-electron chi connectivity index (χ0n) is 14.2. The van der Waals surface area contributed by atoms with Crippen LogP contribution < -0.4 is 20.3 Å². The molecule has 2 aromatic rings. The molecule has 1 aliphatic carbocycles. The molecule has 26 heavy (non-hydrogen) atoms. The van der Waals surface area contributed by atoms with E-state index in [1.54, 1.807) is 12.1 Å². The fourth-order valence-corrected chi connectivity index (χ4v) is 3.40. The van der Waals surface area contributed by atoms with E-state index in [4.69, 9.17) is 9.47 Å². The first-order chi connectivity index (χ1) is 12.7. The number of ether oxygens (including phenoxy) is 2. The zero-order chi connectivity index (χ0) is 18.0. The number of fused-ring (bicyclic) bond motifs is 1. The smallest absolute Gasteiger partial charge is 0.283 e. The Kier molecular flexibility index (Phi) is 4.24. The highest BCUT2D eigenvalue weighted by molar-refractivity contribution is 5.91. The van der Waals surface area contributed by atoms with E-state index in [-0.39, 0.29) is 12.5 Å². The molecule has 6 heteroatoms. The summed E-state index contributed by atoms with van der Waals surface area (Å²) in [4.78, 5) is 25.1. The van der Waals surface area contributed by atoms with Crippen molar-refractivity contribution in [1.82, 2.24) is 10.9 Å². The van der Waals surface area contributed by atoms with Gasteiger partial charge in [-0.2, -0.15) is 0 Å². The van der Waals surface area contributed by atoms with E-state index >= 15 is 0 Å². The molecule has 0 saturated heterocycles. The quantitative estimate of drug-likeness (QED) is 0.830. The van der Waals surface area contributed by atoms with Crippen molar-refractivity contribution in [2.45, 2.75) is 30.8 Å². The monoisotopic (exact) mass is 352 g/mol. The first kappa shape index (κ1) is 16.4. The highest BCUT2D eigenvalue weighted by Crippen LogP contribution is 2.43. The summed E-state index contributed by atoms with van der Waals surface area (Å²) in [7, 11) is 0. The van der Waals surface area contributed by atoms with Gasteiger partial charge in [0.1, 0.15) is 6.61 Å². The van der Waals surface area contributed by atoms with Crippen LogP contribution in [0, 0.1) is 0 Å². The van der Waals surface area contributed by atoms with Gasteiger partial charge in [-0.25, -0.2) is 0 Å². The van der Waals surface area contributed by atoms with Gasteiger partial charge in [0.2, 0.25) is 12.0 Å². The Labute approximate surface area is 151 Å². The van der Waals surface area contributed by atoms with Gasteiger partial charge < -0.3 is 9.47 Å². The Morgan fingerprint density at radius 2 is 1.62 bits per heavy atom. The van der Waals surface area contributed by atoms with Crippen LogP contribution in [0.5, 0.6) is 11.5 Å². The molecule has 2 aromatic carbocycles. The average molecular weight is 352 g/mol. The van der Waals surface area contributed by atoms with Crippen LogP contribution in [0.15, 0.2) is 54.6 Å². The van der Waals surface area contributed by atoms with Crippen molar-refractivity contribution in [2.24, 2.45) is 0 Å². The van der Waals surface area contributed by atoms with Gasteiger partial charge >= 0.3 is 0 Å². The van der Waals surface area contributed by atoms with Gasteiger partial charge in [0.25, 0.3) is 5.91 Å². The lowest BCUT2D eigenvalue weighted by atomic mass is 9.64. The molecule has 4 rings (SSSR count). The molecule has 1 aliphatic heterocycles. The SMILES string of the molecule is O=C(NNC(=O)C1(c2ccccc2)CCC1)C1COc2ccccc2O1. The Morgan fingerprint density at radius 3 is 2.31 bits per heavy atom. The minimum atomic E-state index is -0.806. The lowest BCUT2D eigenvalue weighted by Crippen LogP contribution is -2.57. The van der Waals surface area contributed by atoms with E-state index < -0.39 is 17.4 Å². The first-order valence-electron chi connectivity index (χ1n) is 8.73. The molecule has 1 heterocycles. The summed E-state index contributed by atoms with van der Waals surface area (Å²) in [5, 5.41) is 0. The van der Waals surface area contributed by atoms with Crippen molar-refractivity contribution in [3.05, 3.63) is 60.2 Å². The number of para-hydroxylation sites is 2. The van der Waals surface area contributed by atoms with E-state index in [9.17, 15) is 9.59 Å². The van der Waals surface area contributed by atoms with E-state index in [0.29, 0.717) is 11.5 Å². The van der Waals surface area contributed by atoms with Gasteiger partial charge in [0, 0.05) is 0 Å². The minimum Gasteiger partial charge on any atom is -0.485 e. The number of carbonyl (C=O) groups excluding carboxylic acids is 2. The lowest BCUT2D eigenvalue weighted by molar-refractivity contribution is -0.138. The third-order valence-electron chi connectivity index (χ3n) is 5.07. The summed E-state index contributed by atoms with van der Waals surface area (Å²) in [6.45, 7) is 0.0997. The molecule has 0 aromatic heterocycles. The standard InChI is InChI=1S/C20H20N2O4/c23-18(17-13-25-15-9-4-5-10-16(15)26-17)21-22-19(24)20(11-6-12-20)14-7-2-1-3-8-14/h1-5,7-10,17H,6,11-13H2,(H,21,23)(H,22,24). The molecule has 2 aliphatic rings. The normalized spacial score (nSPS) is 19.8. The molecule has 0 bridgehead atoms. The van der Waals surface area contributed by atoms with Crippen LogP contribution in [0.3, 0.4) is 0 Å². The third-order valence-corrected chi connectivity index (χ3v) is 5.07. The fourth-order valence-electron chi connectivity index (χ4n) is 3.40. The van der Waals surface area contributed by atoms with Gasteiger partial charge in [0.05, 0.1) is 5.41 Å². The molecule has 1 saturated carbocycles. The van der Waals surface area contributed by atoms with Crippen molar-refractivity contribution in [2.75, 3.05) is 6.61 Å². The van der Waals surface area contributed by atoms with Crippen molar-refractivity contribution in [3.63, 3.8) is 0 Å². The van der Waals surface area contributed by atoms with E-state index in [2.05, 4.69) is 10.9 Å². The maximum Gasteiger partial charge on any atom is 0.283 e. The Morgan fingerprint density at radius 1 is 0.923 bits per heavy atom. The van der Waals surface area contributed by atoms with E-state index in [1.165, 1.54) is 0 Å². The average Bonchev–Trinajstić information content (AvgIpc) is 2.65. The maximum absolute atomic E-state index is 12.7. The topological polar surface area (TPSA) is 76.7 Å². The summed E-state index contributed by atoms with van der Waals surface area (Å²) in [5.74, 6) is 0.499. The summed E-state index contributed by atoms with van der Waals surface area (Å²) >= 11 is 0. The Bertz CT molecular complexity index is 818. The molecule has 1 atom stereocenters. The number of hydrogen-bond donors (Lipinski definition) is 2. The van der Waals surface area contributed by atoms with Crippen LogP contribution in [-0.2, 0) is 15.0 Å². The molecular formula is C20H20N2O4. The predicted molar refractivity (Wildman–Crippen MR) is 94.6 cm³/mol. The minimum absolute atomic E-state index is 0.0997. The Balaban J connectivity index is 1.38. The number of carbonyl (C=O) groups is 2. The van der Waals surface area contributed by atoms with Crippen molar-refractivity contribution < 1.29 is 19.1 Å². The zero-order valence-corrected chi connectivity index (χ0v) is 14.2. The molecule has 134 valence electrons. The lowest BCUT2D eigenvalue weighted by Gasteiger charge is -2.40. The molecule has 6 nitrogen and oxygen atoms in total. The summed E-state index contributed by atoms with van der Waals surface area (Å²) < 4.78 is 11.2. The molecular weight excluding hydrogens is 332 g/mol. The first-order valence-corrected chi connectivity index (χ1v) is 8.73. The third kappa shape index (κ3) is 2.87. The highest BCUT2D eigenvalue weighted by atomic mass is 16.6. The number of rotatable bonds is 3. The van der Waals surface area contributed by atoms with E-state index in [0.717, 1.165) is 24.8 Å². The van der Waals surface area contributed by atoms with Crippen LogP contribution in [0.1, 0.15) is 24.8 Å². The number of hydrazine groups is 1. The summed E-state index contributed by atoms with van der Waals surface area (Å²) in [5.41, 5.74) is 5.47. The highest BCUT2D eigenvalue weighted by Gasteiger charge is 2.45. The maximum atomic E-state index is 12.7. The van der Waals surface area contributed by atoms with Gasteiger partial charge in [-0.05, 0) is 30.5 Å². The summed E-state index contributed by atoms with van der Waals surface area (Å²) in [6, 6.07) is 16.9. The van der Waals surface area contributed by atoms with Crippen LogP contribution in [0.4, 0.5) is 0 Å². The van der Waals surface area contributed by atoms with Crippen LogP contribution in [0.2, 0.25) is 0 Å². The largest absolute Gasteiger partial charge is 0.485 e. The van der Waals surface area contributed by atoms with Gasteiger partial charge in [0.15, 0.2) is 11.5 Å². The summed E-state index contributed by atoms with van der Waals surface area (Å²) in [6.07, 6.45) is 1.73. The molecule has 2 amide bonds. The molecule has 1 unspecified atom stereocenters. The second-order valence-electron chi connectivity index (χ2n) is 6.61. The molecule has 1 fully saturated rings. The fraction of sp³-hybridized carbons (Fsp3) is 0.300. The second-order valence-corrected chi connectivity index (χ2v) is 6.61. The Hall–Kier alpha value is -3.02. The van der Waals surface area contributed by atoms with Crippen molar-refractivity contribution >= 4 is 11.8 Å². The molecule has 0 radical (unpaired) electrons. The van der Waals surface area contributed by atoms with Gasteiger partial charge in [-0.15, -0.1) is 0 Å². The van der Waals surface area contributed by atoms with Crippen LogP contribution in [0.25, 0.3) is 0 Å². The predicted octanol–water partition coefficient (Wildman–Crippen LogP) is 2.10. The van der Waals surface area contributed by atoms with Gasteiger partial charge in [-0.3, -0.25) is 20.4 Å². The van der Waals surface area contributed by atoms with Crippen LogP contribution in [-0.4, -0.2) is 24.5 Å². The van der Waals surface area contributed by atoms with Crippen LogP contribution >= 0.6 is 0 Å². The molecule has 2 N–H and O–H groups in total. The number of nitrogens with one attached hydrogen (secondary N) is 2. The number of amides is 2. The van der Waals surface area contributed by atoms with Crippen molar-refractivity contribution in [3.8, 4) is 11.5 Å². The van der Waals surface area contributed by atoms with Crippen molar-refractivity contribution in [1.29, 1.82) is 0 Å².